The molecule has 1 heterocycles. The lowest BCUT2D eigenvalue weighted by Crippen LogP contribution is -2.21. The first-order chi connectivity index (χ1) is 13.1. The fraction of sp³-hybridized carbons (Fsp3) is 0.227. The third-order valence-corrected chi connectivity index (χ3v) is 4.50. The van der Waals surface area contributed by atoms with Crippen LogP contribution in [0.1, 0.15) is 31.5 Å². The molecule has 1 aromatic heterocycles. The van der Waals surface area contributed by atoms with Crippen LogP contribution in [0.3, 0.4) is 0 Å². The molecule has 0 spiro atoms. The normalized spacial score (nSPS) is 11.8. The predicted octanol–water partition coefficient (Wildman–Crippen LogP) is 4.86. The van der Waals surface area contributed by atoms with Crippen LogP contribution in [0, 0.1) is 11.7 Å². The molecule has 0 fully saturated rings. The quantitative estimate of drug-likeness (QED) is 0.680. The lowest BCUT2D eigenvalue weighted by Gasteiger charge is -2.14. The van der Waals surface area contributed by atoms with Gasteiger partial charge in [-0.1, -0.05) is 44.2 Å². The maximum Gasteiger partial charge on any atom is 0.228 e. The highest BCUT2D eigenvalue weighted by molar-refractivity contribution is 5.92. The summed E-state index contributed by atoms with van der Waals surface area (Å²) in [6.45, 7) is 3.85. The van der Waals surface area contributed by atoms with Gasteiger partial charge in [0.1, 0.15) is 5.82 Å². The zero-order valence-electron chi connectivity index (χ0n) is 15.4. The van der Waals surface area contributed by atoms with E-state index in [1.165, 1.54) is 12.1 Å². The SMILES string of the molecule is CCC(C)C(=O)Nc1ncc(-c2ccc(F)cc2)nc1Cc1ccccc1. The van der Waals surface area contributed by atoms with E-state index in [1.807, 2.05) is 44.2 Å². The average Bonchev–Trinajstić information content (AvgIpc) is 2.70. The summed E-state index contributed by atoms with van der Waals surface area (Å²) in [4.78, 5) is 21.5. The molecule has 5 heteroatoms. The molecule has 0 bridgehead atoms. The van der Waals surface area contributed by atoms with Crippen molar-refractivity contribution in [3.63, 3.8) is 0 Å². The highest BCUT2D eigenvalue weighted by Crippen LogP contribution is 2.22. The number of carbonyl (C=O) groups is 1. The minimum absolute atomic E-state index is 0.0735. The van der Waals surface area contributed by atoms with E-state index in [2.05, 4.69) is 10.3 Å². The first kappa shape index (κ1) is 18.7. The van der Waals surface area contributed by atoms with Gasteiger partial charge < -0.3 is 5.32 Å². The van der Waals surface area contributed by atoms with Gasteiger partial charge in [-0.3, -0.25) is 4.79 Å². The zero-order valence-corrected chi connectivity index (χ0v) is 15.4. The third kappa shape index (κ3) is 4.76. The van der Waals surface area contributed by atoms with Gasteiger partial charge in [0.05, 0.1) is 17.6 Å². The lowest BCUT2D eigenvalue weighted by molar-refractivity contribution is -0.119. The highest BCUT2D eigenvalue weighted by Gasteiger charge is 2.16. The molecule has 4 nitrogen and oxygen atoms in total. The predicted molar refractivity (Wildman–Crippen MR) is 105 cm³/mol. The Balaban J connectivity index is 1.96. The molecule has 1 N–H and O–H groups in total. The molecule has 1 unspecified atom stereocenters. The Labute approximate surface area is 158 Å². The molecule has 138 valence electrons. The van der Waals surface area contributed by atoms with Gasteiger partial charge >= 0.3 is 0 Å². The van der Waals surface area contributed by atoms with Crippen molar-refractivity contribution in [3.8, 4) is 11.3 Å². The van der Waals surface area contributed by atoms with E-state index in [0.717, 1.165) is 17.5 Å². The number of aromatic nitrogens is 2. The topological polar surface area (TPSA) is 54.9 Å². The molecular weight excluding hydrogens is 341 g/mol. The number of carbonyl (C=O) groups excluding carboxylic acids is 1. The van der Waals surface area contributed by atoms with Crippen molar-refractivity contribution < 1.29 is 9.18 Å². The van der Waals surface area contributed by atoms with Crippen LogP contribution in [0.5, 0.6) is 0 Å². The summed E-state index contributed by atoms with van der Waals surface area (Å²) in [5.74, 6) is -0.00698. The van der Waals surface area contributed by atoms with Crippen molar-refractivity contribution in [2.45, 2.75) is 26.7 Å². The number of amides is 1. The molecule has 1 atom stereocenters. The average molecular weight is 363 g/mol. The van der Waals surface area contributed by atoms with E-state index in [-0.39, 0.29) is 17.6 Å². The van der Waals surface area contributed by atoms with Crippen LogP contribution in [0.25, 0.3) is 11.3 Å². The van der Waals surface area contributed by atoms with Crippen LogP contribution >= 0.6 is 0 Å². The van der Waals surface area contributed by atoms with Gasteiger partial charge in [-0.2, -0.15) is 0 Å². The molecule has 0 aliphatic rings. The van der Waals surface area contributed by atoms with Crippen molar-refractivity contribution in [1.82, 2.24) is 9.97 Å². The van der Waals surface area contributed by atoms with Crippen molar-refractivity contribution in [2.24, 2.45) is 5.92 Å². The zero-order chi connectivity index (χ0) is 19.2. The van der Waals surface area contributed by atoms with Crippen LogP contribution in [-0.4, -0.2) is 15.9 Å². The Morgan fingerprint density at radius 1 is 1.11 bits per heavy atom. The second-order valence-electron chi connectivity index (χ2n) is 6.52. The van der Waals surface area contributed by atoms with E-state index in [4.69, 9.17) is 4.98 Å². The number of hydrogen-bond donors (Lipinski definition) is 1. The molecule has 27 heavy (non-hydrogen) atoms. The first-order valence-electron chi connectivity index (χ1n) is 9.03. The molecule has 2 aromatic carbocycles. The molecule has 1 amide bonds. The number of anilines is 1. The molecular formula is C22H22FN3O. The Hall–Kier alpha value is -3.08. The monoisotopic (exact) mass is 363 g/mol. The lowest BCUT2D eigenvalue weighted by atomic mass is 10.1. The fourth-order valence-corrected chi connectivity index (χ4v) is 2.63. The molecule has 0 aliphatic heterocycles. The first-order valence-corrected chi connectivity index (χ1v) is 9.03. The summed E-state index contributed by atoms with van der Waals surface area (Å²) in [6.07, 6.45) is 2.90. The number of nitrogens with one attached hydrogen (secondary N) is 1. The largest absolute Gasteiger partial charge is 0.309 e. The van der Waals surface area contributed by atoms with Gasteiger partial charge in [0.2, 0.25) is 5.91 Å². The van der Waals surface area contributed by atoms with E-state index < -0.39 is 0 Å². The van der Waals surface area contributed by atoms with Crippen LogP contribution in [0.4, 0.5) is 10.2 Å². The number of nitrogens with zero attached hydrogens (tertiary/aromatic N) is 2. The number of benzene rings is 2. The smallest absolute Gasteiger partial charge is 0.228 e. The van der Waals surface area contributed by atoms with E-state index >= 15 is 0 Å². The van der Waals surface area contributed by atoms with Crippen LogP contribution in [0.15, 0.2) is 60.8 Å². The standard InChI is InChI=1S/C22H22FN3O/c1-3-15(2)22(27)26-21-19(13-16-7-5-4-6-8-16)25-20(14-24-21)17-9-11-18(23)12-10-17/h4-12,14-15H,3,13H2,1-2H3,(H,24,26,27). The minimum Gasteiger partial charge on any atom is -0.309 e. The summed E-state index contributed by atoms with van der Waals surface area (Å²) in [5.41, 5.74) is 3.17. The maximum atomic E-state index is 13.2. The summed E-state index contributed by atoms with van der Waals surface area (Å²) < 4.78 is 13.2. The maximum absolute atomic E-state index is 13.2. The van der Waals surface area contributed by atoms with E-state index in [1.54, 1.807) is 18.3 Å². The summed E-state index contributed by atoms with van der Waals surface area (Å²) in [7, 11) is 0. The number of rotatable bonds is 6. The van der Waals surface area contributed by atoms with Gasteiger partial charge in [0.25, 0.3) is 0 Å². The van der Waals surface area contributed by atoms with Gasteiger partial charge in [-0.25, -0.2) is 14.4 Å². The van der Waals surface area contributed by atoms with Gasteiger partial charge in [-0.05, 0) is 36.2 Å². The fourth-order valence-electron chi connectivity index (χ4n) is 2.63. The van der Waals surface area contributed by atoms with Crippen molar-refractivity contribution in [1.29, 1.82) is 0 Å². The Morgan fingerprint density at radius 2 is 1.81 bits per heavy atom. The molecule has 3 rings (SSSR count). The van der Waals surface area contributed by atoms with Crippen LogP contribution < -0.4 is 5.32 Å². The Morgan fingerprint density at radius 3 is 2.48 bits per heavy atom. The number of hydrogen-bond acceptors (Lipinski definition) is 3. The van der Waals surface area contributed by atoms with Crippen molar-refractivity contribution >= 4 is 11.7 Å². The molecule has 3 aromatic rings. The highest BCUT2D eigenvalue weighted by atomic mass is 19.1. The van der Waals surface area contributed by atoms with Gasteiger partial charge in [0, 0.05) is 17.9 Å². The third-order valence-electron chi connectivity index (χ3n) is 4.50. The second-order valence-corrected chi connectivity index (χ2v) is 6.52. The summed E-state index contributed by atoms with van der Waals surface area (Å²) in [6, 6.07) is 16.0. The van der Waals surface area contributed by atoms with Gasteiger partial charge in [0.15, 0.2) is 5.82 Å². The molecule has 0 radical (unpaired) electrons. The Bertz CT molecular complexity index is 911. The van der Waals surface area contributed by atoms with E-state index in [0.29, 0.717) is 23.6 Å². The molecule has 0 saturated carbocycles. The Kier molecular flexibility index (Phi) is 5.91. The molecule has 0 aliphatic carbocycles. The van der Waals surface area contributed by atoms with Crippen molar-refractivity contribution in [3.05, 3.63) is 77.9 Å². The van der Waals surface area contributed by atoms with Gasteiger partial charge in [-0.15, -0.1) is 0 Å². The minimum atomic E-state index is -0.298. The van der Waals surface area contributed by atoms with Crippen molar-refractivity contribution in [2.75, 3.05) is 5.32 Å². The summed E-state index contributed by atoms with van der Waals surface area (Å²) in [5, 5.41) is 2.90. The van der Waals surface area contributed by atoms with Crippen LogP contribution in [0.2, 0.25) is 0 Å². The van der Waals surface area contributed by atoms with E-state index in [9.17, 15) is 9.18 Å². The summed E-state index contributed by atoms with van der Waals surface area (Å²) >= 11 is 0. The second kappa shape index (κ2) is 8.54. The van der Waals surface area contributed by atoms with Crippen LogP contribution in [-0.2, 0) is 11.2 Å². The number of halogens is 1. The molecule has 0 saturated heterocycles.